The summed E-state index contributed by atoms with van der Waals surface area (Å²) in [5.74, 6) is 0. The maximum atomic E-state index is 10.5. The molecule has 1 heterocycles. The Balaban J connectivity index is 2.08. The summed E-state index contributed by atoms with van der Waals surface area (Å²) >= 11 is 0. The number of aromatic nitrogens is 3. The molecule has 0 saturated heterocycles. The molecule has 0 spiro atoms. The summed E-state index contributed by atoms with van der Waals surface area (Å²) in [6.45, 7) is 2.50. The molecule has 0 amide bonds. The van der Waals surface area contributed by atoms with Crippen molar-refractivity contribution in [1.29, 1.82) is 0 Å². The minimum absolute atomic E-state index is 0.0797. The molecule has 2 aromatic rings. The van der Waals surface area contributed by atoms with Gasteiger partial charge in [0.1, 0.15) is 0 Å². The van der Waals surface area contributed by atoms with Crippen LogP contribution in [0.1, 0.15) is 30.6 Å². The lowest BCUT2D eigenvalue weighted by molar-refractivity contribution is -0.384. The standard InChI is InChI=1S/C12H15N5O2/c1-2-11(13)12-8-16(15-14-12)7-9-3-5-10(6-4-9)17(18)19/h3-6,8,11H,2,7,13H2,1H3. The van der Waals surface area contributed by atoms with Crippen molar-refractivity contribution in [3.05, 3.63) is 51.8 Å². The Hall–Kier alpha value is -2.28. The summed E-state index contributed by atoms with van der Waals surface area (Å²) < 4.78 is 1.67. The molecule has 0 aliphatic rings. The number of nitrogens with zero attached hydrogens (tertiary/aromatic N) is 4. The van der Waals surface area contributed by atoms with Crippen molar-refractivity contribution in [3.63, 3.8) is 0 Å². The first kappa shape index (κ1) is 13.2. The van der Waals surface area contributed by atoms with E-state index < -0.39 is 4.92 Å². The van der Waals surface area contributed by atoms with E-state index in [2.05, 4.69) is 10.3 Å². The third-order valence-corrected chi connectivity index (χ3v) is 2.87. The molecule has 7 nitrogen and oxygen atoms in total. The fraction of sp³-hybridized carbons (Fsp3) is 0.333. The van der Waals surface area contributed by atoms with E-state index >= 15 is 0 Å². The first-order valence-electron chi connectivity index (χ1n) is 5.99. The number of rotatable bonds is 5. The molecule has 0 saturated carbocycles. The van der Waals surface area contributed by atoms with E-state index in [4.69, 9.17) is 5.73 Å². The smallest absolute Gasteiger partial charge is 0.269 e. The van der Waals surface area contributed by atoms with Crippen LogP contribution in [0.3, 0.4) is 0 Å². The van der Waals surface area contributed by atoms with Gasteiger partial charge in [-0.1, -0.05) is 24.3 Å². The Morgan fingerprint density at radius 2 is 2.11 bits per heavy atom. The van der Waals surface area contributed by atoms with E-state index in [9.17, 15) is 10.1 Å². The summed E-state index contributed by atoms with van der Waals surface area (Å²) in [4.78, 5) is 10.1. The highest BCUT2D eigenvalue weighted by Crippen LogP contribution is 2.14. The first-order valence-corrected chi connectivity index (χ1v) is 5.99. The number of nitrogens with two attached hydrogens (primary N) is 1. The van der Waals surface area contributed by atoms with Crippen LogP contribution in [0.2, 0.25) is 0 Å². The zero-order valence-electron chi connectivity index (χ0n) is 10.6. The Labute approximate surface area is 110 Å². The Morgan fingerprint density at radius 1 is 1.42 bits per heavy atom. The second-order valence-electron chi connectivity index (χ2n) is 4.28. The minimum atomic E-state index is -0.419. The zero-order chi connectivity index (χ0) is 13.8. The highest BCUT2D eigenvalue weighted by atomic mass is 16.6. The molecule has 1 unspecified atom stereocenters. The number of benzene rings is 1. The molecular weight excluding hydrogens is 246 g/mol. The van der Waals surface area contributed by atoms with E-state index in [1.165, 1.54) is 12.1 Å². The maximum Gasteiger partial charge on any atom is 0.269 e. The molecule has 19 heavy (non-hydrogen) atoms. The third-order valence-electron chi connectivity index (χ3n) is 2.87. The van der Waals surface area contributed by atoms with Crippen molar-refractivity contribution in [1.82, 2.24) is 15.0 Å². The van der Waals surface area contributed by atoms with Crippen LogP contribution in [0, 0.1) is 10.1 Å². The van der Waals surface area contributed by atoms with E-state index in [-0.39, 0.29) is 11.7 Å². The minimum Gasteiger partial charge on any atom is -0.323 e. The average Bonchev–Trinajstić information content (AvgIpc) is 2.87. The highest BCUT2D eigenvalue weighted by Gasteiger charge is 2.09. The number of hydrogen-bond donors (Lipinski definition) is 1. The number of nitro benzene ring substituents is 1. The Kier molecular flexibility index (Phi) is 3.86. The van der Waals surface area contributed by atoms with Gasteiger partial charge in [-0.25, -0.2) is 4.68 Å². The molecular formula is C12H15N5O2. The lowest BCUT2D eigenvalue weighted by Crippen LogP contribution is -2.08. The molecule has 2 rings (SSSR count). The van der Waals surface area contributed by atoms with Gasteiger partial charge in [-0.2, -0.15) is 0 Å². The van der Waals surface area contributed by atoms with E-state index in [0.717, 1.165) is 17.7 Å². The van der Waals surface area contributed by atoms with Crippen molar-refractivity contribution < 1.29 is 4.92 Å². The first-order chi connectivity index (χ1) is 9.10. The van der Waals surface area contributed by atoms with Crippen LogP contribution < -0.4 is 5.73 Å². The van der Waals surface area contributed by atoms with Crippen molar-refractivity contribution in [2.75, 3.05) is 0 Å². The highest BCUT2D eigenvalue weighted by molar-refractivity contribution is 5.32. The van der Waals surface area contributed by atoms with Crippen LogP contribution in [0.4, 0.5) is 5.69 Å². The summed E-state index contributed by atoms with van der Waals surface area (Å²) in [5, 5.41) is 18.5. The van der Waals surface area contributed by atoms with Gasteiger partial charge in [0.25, 0.3) is 5.69 Å². The van der Waals surface area contributed by atoms with Crippen LogP contribution in [-0.4, -0.2) is 19.9 Å². The number of hydrogen-bond acceptors (Lipinski definition) is 5. The van der Waals surface area contributed by atoms with Crippen molar-refractivity contribution in [2.45, 2.75) is 25.9 Å². The average molecular weight is 261 g/mol. The molecule has 0 aliphatic carbocycles. The van der Waals surface area contributed by atoms with Gasteiger partial charge in [-0.15, -0.1) is 5.10 Å². The van der Waals surface area contributed by atoms with Gasteiger partial charge in [0.05, 0.1) is 29.4 Å². The fourth-order valence-corrected chi connectivity index (χ4v) is 1.68. The van der Waals surface area contributed by atoms with Gasteiger partial charge >= 0.3 is 0 Å². The zero-order valence-corrected chi connectivity index (χ0v) is 10.6. The van der Waals surface area contributed by atoms with Crippen LogP contribution >= 0.6 is 0 Å². The molecule has 7 heteroatoms. The van der Waals surface area contributed by atoms with Gasteiger partial charge in [0, 0.05) is 12.1 Å². The molecule has 1 atom stereocenters. The SMILES string of the molecule is CCC(N)c1cn(Cc2ccc([N+](=O)[O-])cc2)nn1. The number of non-ortho nitro benzene ring substituents is 1. The predicted octanol–water partition coefficient (Wildman–Crippen LogP) is 1.64. The lowest BCUT2D eigenvalue weighted by atomic mass is 10.2. The van der Waals surface area contributed by atoms with Crippen LogP contribution in [-0.2, 0) is 6.54 Å². The van der Waals surface area contributed by atoms with Gasteiger partial charge in [0.15, 0.2) is 0 Å². The van der Waals surface area contributed by atoms with E-state index in [1.54, 1.807) is 23.0 Å². The summed E-state index contributed by atoms with van der Waals surface area (Å²) in [7, 11) is 0. The lowest BCUT2D eigenvalue weighted by Gasteiger charge is -2.02. The second-order valence-corrected chi connectivity index (χ2v) is 4.28. The molecule has 0 radical (unpaired) electrons. The quantitative estimate of drug-likeness (QED) is 0.651. The largest absolute Gasteiger partial charge is 0.323 e. The van der Waals surface area contributed by atoms with Gasteiger partial charge in [-0.3, -0.25) is 10.1 Å². The Morgan fingerprint density at radius 3 is 2.68 bits per heavy atom. The van der Waals surface area contributed by atoms with Crippen molar-refractivity contribution in [3.8, 4) is 0 Å². The molecule has 1 aromatic heterocycles. The van der Waals surface area contributed by atoms with Crippen LogP contribution in [0.15, 0.2) is 30.5 Å². The fourth-order valence-electron chi connectivity index (χ4n) is 1.68. The normalized spacial score (nSPS) is 12.3. The molecule has 1 aromatic carbocycles. The van der Waals surface area contributed by atoms with Crippen LogP contribution in [0.25, 0.3) is 0 Å². The second kappa shape index (κ2) is 5.57. The molecule has 0 fully saturated rings. The van der Waals surface area contributed by atoms with Gasteiger partial charge in [0.2, 0.25) is 0 Å². The van der Waals surface area contributed by atoms with Gasteiger partial charge in [-0.05, 0) is 12.0 Å². The van der Waals surface area contributed by atoms with Crippen LogP contribution in [0.5, 0.6) is 0 Å². The van der Waals surface area contributed by atoms with Crippen molar-refractivity contribution >= 4 is 5.69 Å². The summed E-state index contributed by atoms with van der Waals surface area (Å²) in [6, 6.07) is 6.26. The molecule has 0 aliphatic heterocycles. The summed E-state index contributed by atoms with van der Waals surface area (Å²) in [5.41, 5.74) is 7.62. The van der Waals surface area contributed by atoms with Crippen molar-refractivity contribution in [2.24, 2.45) is 5.73 Å². The molecule has 2 N–H and O–H groups in total. The topological polar surface area (TPSA) is 99.9 Å². The molecule has 100 valence electrons. The summed E-state index contributed by atoms with van der Waals surface area (Å²) in [6.07, 6.45) is 2.60. The van der Waals surface area contributed by atoms with E-state index in [0.29, 0.717) is 6.54 Å². The Bertz CT molecular complexity index is 564. The van der Waals surface area contributed by atoms with E-state index in [1.807, 2.05) is 6.92 Å². The molecule has 0 bridgehead atoms. The number of nitro groups is 1. The predicted molar refractivity (Wildman–Crippen MR) is 69.4 cm³/mol. The third kappa shape index (κ3) is 3.14. The van der Waals surface area contributed by atoms with Gasteiger partial charge < -0.3 is 5.73 Å². The monoisotopic (exact) mass is 261 g/mol. The maximum absolute atomic E-state index is 10.5.